The van der Waals surface area contributed by atoms with E-state index in [1.54, 1.807) is 0 Å². The summed E-state index contributed by atoms with van der Waals surface area (Å²) < 4.78 is 85.1. The van der Waals surface area contributed by atoms with E-state index in [4.69, 9.17) is 10.5 Å². The summed E-state index contributed by atoms with van der Waals surface area (Å²) in [4.78, 5) is 0. The quantitative estimate of drug-likeness (QED) is 0.550. The lowest BCUT2D eigenvalue weighted by Gasteiger charge is -2.40. The molecule has 1 aliphatic rings. The summed E-state index contributed by atoms with van der Waals surface area (Å²) in [5, 5.41) is 9.79. The average Bonchev–Trinajstić information content (AvgIpc) is 2.75. The van der Waals surface area contributed by atoms with E-state index in [1.165, 1.54) is 0 Å². The van der Waals surface area contributed by atoms with Gasteiger partial charge in [0.1, 0.15) is 6.10 Å². The summed E-state index contributed by atoms with van der Waals surface area (Å²) in [5.41, 5.74) is 3.25. The smallest absolute Gasteiger partial charge is 0.393 e. The number of aliphatic hydroxyl groups is 1. The van der Waals surface area contributed by atoms with Crippen molar-refractivity contribution >= 4 is 0 Å². The van der Waals surface area contributed by atoms with Crippen LogP contribution >= 0.6 is 0 Å². The van der Waals surface area contributed by atoms with E-state index < -0.39 is 41.6 Å². The maximum atomic E-state index is 13.2. The minimum Gasteiger partial charge on any atom is -0.393 e. The fraction of sp³-hybridized carbons (Fsp3) is 0.478. The van der Waals surface area contributed by atoms with Crippen molar-refractivity contribution in [2.75, 3.05) is 13.2 Å². The van der Waals surface area contributed by atoms with Gasteiger partial charge in [-0.25, -0.2) is 0 Å². The third-order valence-electron chi connectivity index (χ3n) is 6.08. The molecule has 1 fully saturated rings. The zero-order chi connectivity index (χ0) is 23.6. The minimum atomic E-state index is -4.97. The van der Waals surface area contributed by atoms with E-state index in [0.29, 0.717) is 37.8 Å². The molecule has 3 N–H and O–H groups in total. The monoisotopic (exact) mass is 461 g/mol. The molecule has 0 saturated heterocycles. The summed E-state index contributed by atoms with van der Waals surface area (Å²) in [6, 6.07) is 10.7. The Bertz CT molecular complexity index is 857. The largest absolute Gasteiger partial charge is 0.416 e. The highest BCUT2D eigenvalue weighted by Gasteiger charge is 2.39. The second kappa shape index (κ2) is 9.41. The number of nitrogens with two attached hydrogens (primary N) is 1. The molecule has 3 nitrogen and oxygen atoms in total. The highest BCUT2D eigenvalue weighted by molar-refractivity contribution is 5.35. The molecule has 0 bridgehead atoms. The fourth-order valence-corrected chi connectivity index (χ4v) is 4.18. The van der Waals surface area contributed by atoms with Crippen molar-refractivity contribution in [1.29, 1.82) is 0 Å². The van der Waals surface area contributed by atoms with Crippen LogP contribution in [-0.2, 0) is 22.5 Å². The molecule has 0 radical (unpaired) electrons. The molecule has 1 aliphatic carbocycles. The zero-order valence-corrected chi connectivity index (χ0v) is 17.2. The molecular weight excluding hydrogens is 436 g/mol. The molecule has 0 heterocycles. The highest BCUT2D eigenvalue weighted by atomic mass is 19.4. The Morgan fingerprint density at radius 3 is 1.94 bits per heavy atom. The molecular formula is C23H25F6NO2. The Kier molecular flexibility index (Phi) is 7.21. The molecule has 3 rings (SSSR count). The number of halogens is 6. The summed E-state index contributed by atoms with van der Waals surface area (Å²) >= 11 is 0. The molecule has 32 heavy (non-hydrogen) atoms. The standard InChI is InChI=1S/C23H25F6NO2/c24-22(25,26)17-10-15(11-18(12-17)23(27,28)29)20(13-31)32-14-21(8-6-19(30)7-9-21)16-4-2-1-3-5-16/h1-5,10-12,19-20,31H,6-9,13-14,30H2/t19?,20-,21?/m1/s1. The molecule has 0 amide bonds. The van der Waals surface area contributed by atoms with E-state index in [-0.39, 0.29) is 24.3 Å². The van der Waals surface area contributed by atoms with Gasteiger partial charge in [0.15, 0.2) is 0 Å². The molecule has 0 aromatic heterocycles. The molecule has 0 aliphatic heterocycles. The lowest BCUT2D eigenvalue weighted by Crippen LogP contribution is -2.40. The van der Waals surface area contributed by atoms with Gasteiger partial charge in [-0.2, -0.15) is 26.3 Å². The number of rotatable bonds is 6. The molecule has 176 valence electrons. The van der Waals surface area contributed by atoms with Gasteiger partial charge in [-0.05, 0) is 55.0 Å². The van der Waals surface area contributed by atoms with Crippen LogP contribution in [0.2, 0.25) is 0 Å². The van der Waals surface area contributed by atoms with Gasteiger partial charge in [0.05, 0.1) is 24.3 Å². The van der Waals surface area contributed by atoms with Gasteiger partial charge in [-0.3, -0.25) is 0 Å². The Labute approximate surface area is 182 Å². The number of ether oxygens (including phenoxy) is 1. The van der Waals surface area contributed by atoms with Crippen molar-refractivity contribution in [3.05, 3.63) is 70.8 Å². The maximum absolute atomic E-state index is 13.2. The van der Waals surface area contributed by atoms with Gasteiger partial charge in [0.2, 0.25) is 0 Å². The van der Waals surface area contributed by atoms with Crippen molar-refractivity contribution in [2.45, 2.75) is 55.6 Å². The molecule has 0 spiro atoms. The highest BCUT2D eigenvalue weighted by Crippen LogP contribution is 2.42. The third kappa shape index (κ3) is 5.63. The van der Waals surface area contributed by atoms with Crippen molar-refractivity contribution in [2.24, 2.45) is 5.73 Å². The normalized spacial score (nSPS) is 23.2. The maximum Gasteiger partial charge on any atom is 0.416 e. The zero-order valence-electron chi connectivity index (χ0n) is 17.2. The topological polar surface area (TPSA) is 55.5 Å². The molecule has 9 heteroatoms. The summed E-state index contributed by atoms with van der Waals surface area (Å²) in [6.07, 6.45) is -8.54. The van der Waals surface area contributed by atoms with Crippen LogP contribution in [0.1, 0.15) is 54.0 Å². The first-order valence-corrected chi connectivity index (χ1v) is 10.3. The van der Waals surface area contributed by atoms with Crippen molar-refractivity contribution in [3.8, 4) is 0 Å². The number of aliphatic hydroxyl groups excluding tert-OH is 1. The first kappa shape index (κ1) is 24.5. The van der Waals surface area contributed by atoms with Crippen LogP contribution in [0, 0.1) is 0 Å². The van der Waals surface area contributed by atoms with E-state index in [2.05, 4.69) is 0 Å². The van der Waals surface area contributed by atoms with E-state index in [1.807, 2.05) is 30.3 Å². The molecule has 1 atom stereocenters. The Morgan fingerprint density at radius 2 is 1.47 bits per heavy atom. The average molecular weight is 461 g/mol. The Hall–Kier alpha value is -2.10. The van der Waals surface area contributed by atoms with Gasteiger partial charge in [-0.15, -0.1) is 0 Å². The second-order valence-electron chi connectivity index (χ2n) is 8.31. The van der Waals surface area contributed by atoms with Crippen molar-refractivity contribution < 1.29 is 36.2 Å². The summed E-state index contributed by atoms with van der Waals surface area (Å²) in [5.74, 6) is 0. The third-order valence-corrected chi connectivity index (χ3v) is 6.08. The summed E-state index contributed by atoms with van der Waals surface area (Å²) in [6.45, 7) is -0.727. The van der Waals surface area contributed by atoms with Crippen LogP contribution in [0.5, 0.6) is 0 Å². The Balaban J connectivity index is 1.91. The molecule has 2 aromatic carbocycles. The van der Waals surface area contributed by atoms with Gasteiger partial charge < -0.3 is 15.6 Å². The Morgan fingerprint density at radius 1 is 0.938 bits per heavy atom. The number of hydrogen-bond donors (Lipinski definition) is 2. The first-order valence-electron chi connectivity index (χ1n) is 10.3. The first-order chi connectivity index (χ1) is 14.9. The van der Waals surface area contributed by atoms with Crippen LogP contribution in [-0.4, -0.2) is 24.4 Å². The lowest BCUT2D eigenvalue weighted by atomic mass is 9.69. The van der Waals surface area contributed by atoms with Gasteiger partial charge in [0.25, 0.3) is 0 Å². The van der Waals surface area contributed by atoms with Gasteiger partial charge in [-0.1, -0.05) is 30.3 Å². The number of benzene rings is 2. The minimum absolute atomic E-state index is 0.0262. The molecule has 1 saturated carbocycles. The predicted octanol–water partition coefficient (Wildman–Crippen LogP) is 5.61. The summed E-state index contributed by atoms with van der Waals surface area (Å²) in [7, 11) is 0. The van der Waals surface area contributed by atoms with Crippen molar-refractivity contribution in [3.63, 3.8) is 0 Å². The van der Waals surface area contributed by atoms with Gasteiger partial charge in [0, 0.05) is 11.5 Å². The van der Waals surface area contributed by atoms with Crippen molar-refractivity contribution in [1.82, 2.24) is 0 Å². The molecule has 2 aromatic rings. The van der Waals surface area contributed by atoms with Crippen LogP contribution in [0.25, 0.3) is 0 Å². The van der Waals surface area contributed by atoms with Crippen LogP contribution in [0.3, 0.4) is 0 Å². The molecule has 0 unspecified atom stereocenters. The van der Waals surface area contributed by atoms with E-state index in [9.17, 15) is 31.4 Å². The van der Waals surface area contributed by atoms with Gasteiger partial charge >= 0.3 is 12.4 Å². The van der Waals surface area contributed by atoms with Crippen LogP contribution in [0.4, 0.5) is 26.3 Å². The predicted molar refractivity (Wildman–Crippen MR) is 107 cm³/mol. The second-order valence-corrected chi connectivity index (χ2v) is 8.31. The van der Waals surface area contributed by atoms with E-state index in [0.717, 1.165) is 5.56 Å². The number of hydrogen-bond acceptors (Lipinski definition) is 3. The van der Waals surface area contributed by atoms with Crippen LogP contribution in [0.15, 0.2) is 48.5 Å². The number of alkyl halides is 6. The fourth-order valence-electron chi connectivity index (χ4n) is 4.18. The van der Waals surface area contributed by atoms with E-state index >= 15 is 0 Å². The lowest BCUT2D eigenvalue weighted by molar-refractivity contribution is -0.143. The SMILES string of the molecule is NC1CCC(CO[C@H](CO)c2cc(C(F)(F)F)cc(C(F)(F)F)c2)(c2ccccc2)CC1. The van der Waals surface area contributed by atoms with Crippen LogP contribution < -0.4 is 5.73 Å².